The van der Waals surface area contributed by atoms with Gasteiger partial charge in [0.2, 0.25) is 0 Å². The van der Waals surface area contributed by atoms with Crippen molar-refractivity contribution in [2.24, 2.45) is 0 Å². The van der Waals surface area contributed by atoms with Crippen LogP contribution in [-0.2, 0) is 4.79 Å². The molecule has 0 amide bonds. The van der Waals surface area contributed by atoms with E-state index in [1.807, 2.05) is 0 Å². The van der Waals surface area contributed by atoms with Gasteiger partial charge in [0.15, 0.2) is 0 Å². The molecule has 4 heteroatoms. The van der Waals surface area contributed by atoms with Gasteiger partial charge in [0, 0.05) is 6.08 Å². The lowest BCUT2D eigenvalue weighted by Gasteiger charge is -2.14. The summed E-state index contributed by atoms with van der Waals surface area (Å²) >= 11 is 0. The van der Waals surface area contributed by atoms with Gasteiger partial charge in [-0.2, -0.15) is 0 Å². The van der Waals surface area contributed by atoms with Crippen molar-refractivity contribution in [1.82, 2.24) is 0 Å². The lowest BCUT2D eigenvalue weighted by molar-refractivity contribution is -0.131. The van der Waals surface area contributed by atoms with Crippen LogP contribution in [0, 0.1) is 0 Å². The summed E-state index contributed by atoms with van der Waals surface area (Å²) in [4.78, 5) is 10.3. The molecule has 0 saturated carbocycles. The molecule has 0 aliphatic heterocycles. The lowest BCUT2D eigenvalue weighted by atomic mass is 10.0. The zero-order valence-electron chi connectivity index (χ0n) is 14.0. The third-order valence-electron chi connectivity index (χ3n) is 3.89. The van der Waals surface area contributed by atoms with Gasteiger partial charge in [0.25, 0.3) is 0 Å². The van der Waals surface area contributed by atoms with E-state index >= 15 is 0 Å². The Morgan fingerprint density at radius 1 is 0.864 bits per heavy atom. The van der Waals surface area contributed by atoms with Crippen LogP contribution >= 0.6 is 0 Å². The minimum absolute atomic E-state index is 0.262. The summed E-state index contributed by atoms with van der Waals surface area (Å²) in [6.07, 6.45) is 13.7. The van der Waals surface area contributed by atoms with E-state index in [2.05, 4.69) is 6.92 Å². The van der Waals surface area contributed by atoms with E-state index in [0.29, 0.717) is 12.8 Å². The third-order valence-corrected chi connectivity index (χ3v) is 3.89. The molecule has 2 unspecified atom stereocenters. The number of aliphatic carboxylic acids is 1. The Morgan fingerprint density at radius 3 is 1.95 bits per heavy atom. The SMILES string of the molecule is CCCCCC(O)CCC(O)CCCCCCC=CC(=O)O. The number of carboxylic acid groups (broad SMARTS) is 1. The minimum Gasteiger partial charge on any atom is -0.478 e. The van der Waals surface area contributed by atoms with E-state index in [4.69, 9.17) is 5.11 Å². The van der Waals surface area contributed by atoms with Crippen molar-refractivity contribution >= 4 is 5.97 Å². The Labute approximate surface area is 135 Å². The molecule has 0 fully saturated rings. The molecule has 3 N–H and O–H groups in total. The Bertz CT molecular complexity index is 289. The van der Waals surface area contributed by atoms with Crippen LogP contribution < -0.4 is 0 Å². The van der Waals surface area contributed by atoms with Crippen molar-refractivity contribution in [3.63, 3.8) is 0 Å². The Kier molecular flexibility index (Phi) is 14.4. The number of aliphatic hydroxyl groups excluding tert-OH is 2. The van der Waals surface area contributed by atoms with Crippen molar-refractivity contribution in [1.29, 1.82) is 0 Å². The topological polar surface area (TPSA) is 77.8 Å². The van der Waals surface area contributed by atoms with E-state index in [-0.39, 0.29) is 12.2 Å². The Hall–Kier alpha value is -0.870. The average Bonchev–Trinajstić information content (AvgIpc) is 2.47. The van der Waals surface area contributed by atoms with E-state index < -0.39 is 5.97 Å². The van der Waals surface area contributed by atoms with Crippen LogP contribution in [0.25, 0.3) is 0 Å². The number of carboxylic acids is 1. The molecule has 0 aliphatic carbocycles. The van der Waals surface area contributed by atoms with Crippen molar-refractivity contribution < 1.29 is 20.1 Å². The van der Waals surface area contributed by atoms with Crippen LogP contribution in [0.15, 0.2) is 12.2 Å². The average molecular weight is 314 g/mol. The second-order valence-corrected chi connectivity index (χ2v) is 6.11. The number of hydrogen-bond acceptors (Lipinski definition) is 3. The first kappa shape index (κ1) is 21.1. The summed E-state index contributed by atoms with van der Waals surface area (Å²) in [6.45, 7) is 2.15. The fourth-order valence-electron chi connectivity index (χ4n) is 2.48. The predicted octanol–water partition coefficient (Wildman–Crippen LogP) is 4.05. The van der Waals surface area contributed by atoms with Crippen molar-refractivity contribution in [2.45, 2.75) is 96.2 Å². The molecule has 0 aromatic carbocycles. The number of aliphatic hydroxyl groups is 2. The summed E-state index contributed by atoms with van der Waals surface area (Å²) in [6, 6.07) is 0. The van der Waals surface area contributed by atoms with E-state index in [9.17, 15) is 15.0 Å². The van der Waals surface area contributed by atoms with Crippen LogP contribution in [0.1, 0.15) is 84.0 Å². The monoisotopic (exact) mass is 314 g/mol. The molecule has 0 bridgehead atoms. The number of hydrogen-bond donors (Lipinski definition) is 3. The summed E-state index contributed by atoms with van der Waals surface area (Å²) in [5, 5.41) is 28.1. The molecule has 0 aromatic heterocycles. The summed E-state index contributed by atoms with van der Waals surface area (Å²) in [5.41, 5.74) is 0. The van der Waals surface area contributed by atoms with Gasteiger partial charge in [-0.3, -0.25) is 0 Å². The molecule has 0 saturated heterocycles. The van der Waals surface area contributed by atoms with Gasteiger partial charge in [-0.15, -0.1) is 0 Å². The maximum absolute atomic E-state index is 10.3. The van der Waals surface area contributed by atoms with E-state index in [1.54, 1.807) is 6.08 Å². The van der Waals surface area contributed by atoms with E-state index in [0.717, 1.165) is 51.4 Å². The highest BCUT2D eigenvalue weighted by molar-refractivity contribution is 5.79. The molecule has 130 valence electrons. The van der Waals surface area contributed by atoms with Gasteiger partial charge in [0.1, 0.15) is 0 Å². The summed E-state index contributed by atoms with van der Waals surface area (Å²) < 4.78 is 0. The van der Waals surface area contributed by atoms with Crippen molar-refractivity contribution in [3.8, 4) is 0 Å². The number of unbranched alkanes of at least 4 members (excludes halogenated alkanes) is 6. The van der Waals surface area contributed by atoms with Crippen LogP contribution in [0.4, 0.5) is 0 Å². The number of rotatable bonds is 15. The lowest BCUT2D eigenvalue weighted by Crippen LogP contribution is -2.13. The second-order valence-electron chi connectivity index (χ2n) is 6.11. The van der Waals surface area contributed by atoms with Crippen LogP contribution in [0.2, 0.25) is 0 Å². The molecule has 0 spiro atoms. The molecule has 0 heterocycles. The quantitative estimate of drug-likeness (QED) is 0.315. The molecule has 2 atom stereocenters. The highest BCUT2D eigenvalue weighted by Crippen LogP contribution is 2.14. The molecule has 0 aliphatic rings. The van der Waals surface area contributed by atoms with Gasteiger partial charge in [-0.25, -0.2) is 4.79 Å². The van der Waals surface area contributed by atoms with Gasteiger partial charge >= 0.3 is 5.97 Å². The zero-order chi connectivity index (χ0) is 16.6. The van der Waals surface area contributed by atoms with Gasteiger partial charge < -0.3 is 15.3 Å². The molecule has 4 nitrogen and oxygen atoms in total. The summed E-state index contributed by atoms with van der Waals surface area (Å²) in [5.74, 6) is -0.889. The van der Waals surface area contributed by atoms with E-state index in [1.165, 1.54) is 18.9 Å². The third kappa shape index (κ3) is 15.5. The minimum atomic E-state index is -0.889. The Morgan fingerprint density at radius 2 is 1.41 bits per heavy atom. The standard InChI is InChI=1S/C18H34O4/c1-2-3-8-11-16(19)14-15-17(20)12-9-6-4-5-7-10-13-18(21)22/h10,13,16-17,19-20H,2-9,11-12,14-15H2,1H3,(H,21,22). The van der Waals surface area contributed by atoms with Gasteiger partial charge in [0.05, 0.1) is 12.2 Å². The summed E-state index contributed by atoms with van der Waals surface area (Å²) in [7, 11) is 0. The second kappa shape index (κ2) is 15.0. The first-order chi connectivity index (χ1) is 10.6. The zero-order valence-corrected chi connectivity index (χ0v) is 14.0. The molecule has 22 heavy (non-hydrogen) atoms. The maximum atomic E-state index is 10.3. The molecular formula is C18H34O4. The van der Waals surface area contributed by atoms with Gasteiger partial charge in [-0.1, -0.05) is 51.5 Å². The Balaban J connectivity index is 3.38. The fraction of sp³-hybridized carbons (Fsp3) is 0.833. The highest BCUT2D eigenvalue weighted by atomic mass is 16.4. The normalized spacial score (nSPS) is 14.3. The van der Waals surface area contributed by atoms with Crippen LogP contribution in [-0.4, -0.2) is 33.5 Å². The maximum Gasteiger partial charge on any atom is 0.327 e. The first-order valence-corrected chi connectivity index (χ1v) is 8.81. The number of carbonyl (C=O) groups is 1. The van der Waals surface area contributed by atoms with Crippen LogP contribution in [0.5, 0.6) is 0 Å². The predicted molar refractivity (Wildman–Crippen MR) is 89.9 cm³/mol. The van der Waals surface area contributed by atoms with Gasteiger partial charge in [-0.05, 0) is 38.5 Å². The first-order valence-electron chi connectivity index (χ1n) is 8.81. The smallest absolute Gasteiger partial charge is 0.327 e. The molecule has 0 rings (SSSR count). The largest absolute Gasteiger partial charge is 0.478 e. The van der Waals surface area contributed by atoms with Crippen molar-refractivity contribution in [3.05, 3.63) is 12.2 Å². The molecule has 0 aromatic rings. The highest BCUT2D eigenvalue weighted by Gasteiger charge is 2.09. The molecular weight excluding hydrogens is 280 g/mol. The fourth-order valence-corrected chi connectivity index (χ4v) is 2.48. The van der Waals surface area contributed by atoms with Crippen molar-refractivity contribution in [2.75, 3.05) is 0 Å². The number of allylic oxidation sites excluding steroid dienone is 1. The van der Waals surface area contributed by atoms with Crippen LogP contribution in [0.3, 0.4) is 0 Å². The molecule has 0 radical (unpaired) electrons.